The van der Waals surface area contributed by atoms with Crippen molar-refractivity contribution in [3.8, 4) is 0 Å². The minimum atomic E-state index is 0.595. The summed E-state index contributed by atoms with van der Waals surface area (Å²) in [6, 6.07) is 9.30. The zero-order valence-corrected chi connectivity index (χ0v) is 12.6. The lowest BCUT2D eigenvalue weighted by Crippen LogP contribution is -2.34. The largest absolute Gasteiger partial charge is 0.342 e. The molecule has 1 aromatic carbocycles. The maximum atomic E-state index is 5.61. The lowest BCUT2D eigenvalue weighted by molar-refractivity contribution is 0.222. The van der Waals surface area contributed by atoms with Crippen molar-refractivity contribution < 1.29 is 0 Å². The Hall–Kier alpha value is -1.32. The summed E-state index contributed by atoms with van der Waals surface area (Å²) in [4.78, 5) is 2.52. The average molecular weight is 271 g/mol. The first-order chi connectivity index (χ1) is 9.69. The lowest BCUT2D eigenvalue weighted by Gasteiger charge is -2.28. The van der Waals surface area contributed by atoms with Gasteiger partial charge in [-0.2, -0.15) is 0 Å². The van der Waals surface area contributed by atoms with Crippen LogP contribution in [0.25, 0.3) is 10.9 Å². The lowest BCUT2D eigenvalue weighted by atomic mass is 10.0. The Morgan fingerprint density at radius 3 is 2.80 bits per heavy atom. The fourth-order valence-corrected chi connectivity index (χ4v) is 3.16. The van der Waals surface area contributed by atoms with Gasteiger partial charge in [-0.05, 0) is 49.2 Å². The summed E-state index contributed by atoms with van der Waals surface area (Å²) in [6.45, 7) is 9.72. The second-order valence-corrected chi connectivity index (χ2v) is 6.18. The molecule has 0 saturated carbocycles. The van der Waals surface area contributed by atoms with E-state index in [0.717, 1.165) is 39.1 Å². The number of nitrogens with two attached hydrogens (primary N) is 1. The van der Waals surface area contributed by atoms with E-state index in [1.165, 1.54) is 22.2 Å². The molecule has 0 atom stereocenters. The molecule has 2 N–H and O–H groups in total. The molecule has 0 bridgehead atoms. The van der Waals surface area contributed by atoms with Crippen LogP contribution in [-0.4, -0.2) is 29.1 Å². The Bertz CT molecular complexity index is 598. The minimum absolute atomic E-state index is 0.595. The van der Waals surface area contributed by atoms with Crippen molar-refractivity contribution in [1.82, 2.24) is 9.47 Å². The van der Waals surface area contributed by atoms with Crippen LogP contribution in [0.1, 0.15) is 37.4 Å². The van der Waals surface area contributed by atoms with E-state index in [4.69, 9.17) is 5.73 Å². The van der Waals surface area contributed by atoms with Crippen molar-refractivity contribution in [2.45, 2.75) is 39.3 Å². The van der Waals surface area contributed by atoms with Crippen molar-refractivity contribution in [3.63, 3.8) is 0 Å². The van der Waals surface area contributed by atoms with Crippen LogP contribution in [0.5, 0.6) is 0 Å². The van der Waals surface area contributed by atoms with Crippen molar-refractivity contribution in [3.05, 3.63) is 35.5 Å². The van der Waals surface area contributed by atoms with Gasteiger partial charge in [-0.15, -0.1) is 0 Å². The van der Waals surface area contributed by atoms with Gasteiger partial charge in [0.25, 0.3) is 0 Å². The van der Waals surface area contributed by atoms with Crippen molar-refractivity contribution in [1.29, 1.82) is 0 Å². The van der Waals surface area contributed by atoms with Gasteiger partial charge in [-0.3, -0.25) is 4.90 Å². The number of nitrogens with zero attached hydrogens (tertiary/aromatic N) is 2. The average Bonchev–Trinajstić information content (AvgIpc) is 2.81. The molecule has 108 valence electrons. The van der Waals surface area contributed by atoms with Crippen LogP contribution in [0.4, 0.5) is 0 Å². The van der Waals surface area contributed by atoms with Gasteiger partial charge in [0.15, 0.2) is 0 Å². The molecule has 2 heterocycles. The Morgan fingerprint density at radius 1 is 1.20 bits per heavy atom. The van der Waals surface area contributed by atoms with Gasteiger partial charge >= 0.3 is 0 Å². The second-order valence-electron chi connectivity index (χ2n) is 6.18. The maximum Gasteiger partial charge on any atom is 0.0483 e. The molecule has 3 nitrogen and oxygen atoms in total. The Balaban J connectivity index is 1.89. The van der Waals surface area contributed by atoms with Crippen molar-refractivity contribution in [2.24, 2.45) is 5.73 Å². The molecule has 2 aromatic rings. The molecule has 3 rings (SSSR count). The fraction of sp³-hybridized carbons (Fsp3) is 0.529. The molecular weight excluding hydrogens is 246 g/mol. The van der Waals surface area contributed by atoms with E-state index >= 15 is 0 Å². The van der Waals surface area contributed by atoms with Crippen LogP contribution < -0.4 is 5.73 Å². The SMILES string of the molecule is CC(C)c1ccc2c(c1)cc1n2CCN(CCCN)C1. The summed E-state index contributed by atoms with van der Waals surface area (Å²) in [7, 11) is 0. The molecule has 1 aromatic heterocycles. The van der Waals surface area contributed by atoms with E-state index in [2.05, 4.69) is 47.6 Å². The molecule has 0 fully saturated rings. The van der Waals surface area contributed by atoms with Crippen LogP contribution >= 0.6 is 0 Å². The molecule has 0 saturated heterocycles. The standard InChI is InChI=1S/C17H25N3/c1-13(2)14-4-5-17-15(10-14)11-16-12-19(7-3-6-18)8-9-20(16)17/h4-5,10-11,13H,3,6-9,12,18H2,1-2H3. The number of fused-ring (bicyclic) bond motifs is 3. The van der Waals surface area contributed by atoms with Gasteiger partial charge in [0.1, 0.15) is 0 Å². The highest BCUT2D eigenvalue weighted by Crippen LogP contribution is 2.27. The zero-order valence-electron chi connectivity index (χ0n) is 12.6. The van der Waals surface area contributed by atoms with Crippen LogP contribution in [0.15, 0.2) is 24.3 Å². The van der Waals surface area contributed by atoms with Gasteiger partial charge in [-0.25, -0.2) is 0 Å². The molecule has 0 amide bonds. The molecule has 0 aliphatic carbocycles. The predicted octanol–water partition coefficient (Wildman–Crippen LogP) is 2.93. The fourth-order valence-electron chi connectivity index (χ4n) is 3.16. The summed E-state index contributed by atoms with van der Waals surface area (Å²) in [5, 5.41) is 1.40. The summed E-state index contributed by atoms with van der Waals surface area (Å²) < 4.78 is 2.48. The van der Waals surface area contributed by atoms with E-state index in [1.807, 2.05) is 0 Å². The Kier molecular flexibility index (Phi) is 3.81. The first kappa shape index (κ1) is 13.7. The predicted molar refractivity (Wildman–Crippen MR) is 85.0 cm³/mol. The van der Waals surface area contributed by atoms with Crippen LogP contribution in [-0.2, 0) is 13.1 Å². The first-order valence-corrected chi connectivity index (χ1v) is 7.73. The Morgan fingerprint density at radius 2 is 2.05 bits per heavy atom. The van der Waals surface area contributed by atoms with Crippen LogP contribution in [0.2, 0.25) is 0 Å². The summed E-state index contributed by atoms with van der Waals surface area (Å²) in [6.07, 6.45) is 1.09. The van der Waals surface area contributed by atoms with Crippen LogP contribution in [0, 0.1) is 0 Å². The smallest absolute Gasteiger partial charge is 0.0483 e. The molecule has 1 aliphatic heterocycles. The van der Waals surface area contributed by atoms with Crippen LogP contribution in [0.3, 0.4) is 0 Å². The van der Waals surface area contributed by atoms with Crippen molar-refractivity contribution >= 4 is 10.9 Å². The van der Waals surface area contributed by atoms with E-state index in [1.54, 1.807) is 0 Å². The summed E-state index contributed by atoms with van der Waals surface area (Å²) >= 11 is 0. The van der Waals surface area contributed by atoms with E-state index in [-0.39, 0.29) is 0 Å². The minimum Gasteiger partial charge on any atom is -0.342 e. The molecule has 20 heavy (non-hydrogen) atoms. The Labute approximate surface area is 121 Å². The third-order valence-corrected chi connectivity index (χ3v) is 4.38. The van der Waals surface area contributed by atoms with Gasteiger partial charge in [-0.1, -0.05) is 19.9 Å². The maximum absolute atomic E-state index is 5.61. The second kappa shape index (κ2) is 5.58. The summed E-state index contributed by atoms with van der Waals surface area (Å²) in [5.41, 5.74) is 9.89. The number of aromatic nitrogens is 1. The van der Waals surface area contributed by atoms with E-state index in [0.29, 0.717) is 5.92 Å². The van der Waals surface area contributed by atoms with E-state index < -0.39 is 0 Å². The van der Waals surface area contributed by atoms with Gasteiger partial charge in [0.2, 0.25) is 0 Å². The third-order valence-electron chi connectivity index (χ3n) is 4.38. The molecular formula is C17H25N3. The van der Waals surface area contributed by atoms with Gasteiger partial charge in [0.05, 0.1) is 0 Å². The highest BCUT2D eigenvalue weighted by molar-refractivity contribution is 5.82. The number of rotatable bonds is 4. The quantitative estimate of drug-likeness (QED) is 0.927. The normalized spacial score (nSPS) is 16.0. The number of hydrogen-bond acceptors (Lipinski definition) is 2. The highest BCUT2D eigenvalue weighted by Gasteiger charge is 2.18. The van der Waals surface area contributed by atoms with Gasteiger partial charge in [0, 0.05) is 36.2 Å². The number of benzene rings is 1. The molecule has 0 radical (unpaired) electrons. The molecule has 3 heteroatoms. The monoisotopic (exact) mass is 271 g/mol. The third kappa shape index (κ3) is 2.48. The molecule has 1 aliphatic rings. The topological polar surface area (TPSA) is 34.2 Å². The number of hydrogen-bond donors (Lipinski definition) is 1. The summed E-state index contributed by atoms with van der Waals surface area (Å²) in [5.74, 6) is 0.595. The highest BCUT2D eigenvalue weighted by atomic mass is 15.2. The first-order valence-electron chi connectivity index (χ1n) is 7.73. The molecule has 0 spiro atoms. The van der Waals surface area contributed by atoms with Crippen molar-refractivity contribution in [2.75, 3.05) is 19.6 Å². The van der Waals surface area contributed by atoms with Gasteiger partial charge < -0.3 is 10.3 Å². The zero-order chi connectivity index (χ0) is 14.1. The van der Waals surface area contributed by atoms with E-state index in [9.17, 15) is 0 Å². The molecule has 0 unspecified atom stereocenters.